The fraction of sp³-hybridized carbons (Fsp3) is 0.714. The molecule has 1 aliphatic rings. The summed E-state index contributed by atoms with van der Waals surface area (Å²) >= 11 is 0. The molecule has 1 aliphatic heterocycles. The van der Waals surface area contributed by atoms with Crippen LogP contribution in [0.25, 0.3) is 0 Å². The molecule has 2 rings (SSSR count). The number of carbonyl (C=O) groups excluding carboxylic acids is 1. The zero-order valence-corrected chi connectivity index (χ0v) is 12.1. The summed E-state index contributed by atoms with van der Waals surface area (Å²) in [4.78, 5) is 12.4. The van der Waals surface area contributed by atoms with Gasteiger partial charge in [-0.3, -0.25) is 9.48 Å². The second-order valence-electron chi connectivity index (χ2n) is 5.37. The SMILES string of the molecule is CCc1nn(C)cc1CNC(=O)C1(CC)CCNC1. The second kappa shape index (κ2) is 5.74. The van der Waals surface area contributed by atoms with Gasteiger partial charge in [-0.1, -0.05) is 13.8 Å². The molecule has 1 aromatic heterocycles. The second-order valence-corrected chi connectivity index (χ2v) is 5.37. The third-order valence-corrected chi connectivity index (χ3v) is 4.17. The van der Waals surface area contributed by atoms with E-state index in [1.165, 1.54) is 0 Å². The number of nitrogens with zero attached hydrogens (tertiary/aromatic N) is 2. The predicted octanol–water partition coefficient (Wildman–Crippen LogP) is 0.988. The summed E-state index contributed by atoms with van der Waals surface area (Å²) < 4.78 is 1.81. The lowest BCUT2D eigenvalue weighted by Crippen LogP contribution is -2.41. The summed E-state index contributed by atoms with van der Waals surface area (Å²) in [6, 6.07) is 0. The van der Waals surface area contributed by atoms with E-state index in [1.54, 1.807) is 0 Å². The molecule has 1 aromatic rings. The Morgan fingerprint density at radius 2 is 2.37 bits per heavy atom. The van der Waals surface area contributed by atoms with Crippen molar-refractivity contribution >= 4 is 5.91 Å². The van der Waals surface area contributed by atoms with Crippen molar-refractivity contribution in [1.29, 1.82) is 0 Å². The highest BCUT2D eigenvalue weighted by atomic mass is 16.2. The van der Waals surface area contributed by atoms with Crippen molar-refractivity contribution in [3.63, 3.8) is 0 Å². The molecule has 1 saturated heterocycles. The van der Waals surface area contributed by atoms with E-state index in [4.69, 9.17) is 0 Å². The maximum absolute atomic E-state index is 12.4. The molecular formula is C14H24N4O. The summed E-state index contributed by atoms with van der Waals surface area (Å²) in [5.41, 5.74) is 1.97. The van der Waals surface area contributed by atoms with Gasteiger partial charge in [0.2, 0.25) is 5.91 Å². The maximum atomic E-state index is 12.4. The molecule has 1 amide bonds. The minimum Gasteiger partial charge on any atom is -0.351 e. The normalized spacial score (nSPS) is 22.7. The third kappa shape index (κ3) is 2.81. The fourth-order valence-corrected chi connectivity index (χ4v) is 2.79. The monoisotopic (exact) mass is 264 g/mol. The van der Waals surface area contributed by atoms with Crippen LogP contribution < -0.4 is 10.6 Å². The Labute approximate surface area is 114 Å². The van der Waals surface area contributed by atoms with Crippen LogP contribution in [0, 0.1) is 5.41 Å². The van der Waals surface area contributed by atoms with Gasteiger partial charge in [-0.25, -0.2) is 0 Å². The molecule has 1 atom stereocenters. The molecule has 0 saturated carbocycles. The van der Waals surface area contributed by atoms with Gasteiger partial charge >= 0.3 is 0 Å². The molecule has 2 N–H and O–H groups in total. The van der Waals surface area contributed by atoms with Crippen LogP contribution >= 0.6 is 0 Å². The highest BCUT2D eigenvalue weighted by Gasteiger charge is 2.39. The van der Waals surface area contributed by atoms with Crippen molar-refractivity contribution in [3.8, 4) is 0 Å². The molecule has 1 fully saturated rings. The average Bonchev–Trinajstić information content (AvgIpc) is 3.02. The standard InChI is InChI=1S/C14H24N4O/c1-4-12-11(9-18(3)17-12)8-16-13(19)14(5-2)6-7-15-10-14/h9,15H,4-8,10H2,1-3H3,(H,16,19). The van der Waals surface area contributed by atoms with Crippen LogP contribution in [-0.4, -0.2) is 28.8 Å². The van der Waals surface area contributed by atoms with E-state index in [1.807, 2.05) is 17.9 Å². The van der Waals surface area contributed by atoms with E-state index >= 15 is 0 Å². The van der Waals surface area contributed by atoms with Gasteiger partial charge in [0, 0.05) is 31.9 Å². The van der Waals surface area contributed by atoms with Crippen LogP contribution in [0.1, 0.15) is 37.9 Å². The van der Waals surface area contributed by atoms with Gasteiger partial charge in [-0.2, -0.15) is 5.10 Å². The Hall–Kier alpha value is -1.36. The summed E-state index contributed by atoms with van der Waals surface area (Å²) in [5, 5.41) is 10.8. The first kappa shape index (κ1) is 14.1. The molecule has 0 aromatic carbocycles. The van der Waals surface area contributed by atoms with Crippen LogP contribution in [0.15, 0.2) is 6.20 Å². The van der Waals surface area contributed by atoms with Crippen LogP contribution in [0.5, 0.6) is 0 Å². The molecule has 106 valence electrons. The van der Waals surface area contributed by atoms with Gasteiger partial charge < -0.3 is 10.6 Å². The molecule has 5 nitrogen and oxygen atoms in total. The summed E-state index contributed by atoms with van der Waals surface area (Å²) in [5.74, 6) is 0.172. The van der Waals surface area contributed by atoms with Crippen molar-refractivity contribution in [1.82, 2.24) is 20.4 Å². The lowest BCUT2D eigenvalue weighted by Gasteiger charge is -2.25. The Kier molecular flexibility index (Phi) is 4.24. The Bertz CT molecular complexity index is 446. The summed E-state index contributed by atoms with van der Waals surface area (Å²) in [7, 11) is 1.92. The number of carbonyl (C=O) groups is 1. The molecule has 1 unspecified atom stereocenters. The predicted molar refractivity (Wildman–Crippen MR) is 74.6 cm³/mol. The highest BCUT2D eigenvalue weighted by molar-refractivity contribution is 5.83. The number of hydrogen-bond donors (Lipinski definition) is 2. The van der Waals surface area contributed by atoms with Crippen LogP contribution in [0.4, 0.5) is 0 Å². The first-order chi connectivity index (χ1) is 9.11. The Morgan fingerprint density at radius 1 is 1.58 bits per heavy atom. The number of aryl methyl sites for hydroxylation is 2. The van der Waals surface area contributed by atoms with Gasteiger partial charge in [0.25, 0.3) is 0 Å². The van der Waals surface area contributed by atoms with Gasteiger partial charge in [0.05, 0.1) is 11.1 Å². The zero-order chi connectivity index (χ0) is 13.9. The van der Waals surface area contributed by atoms with Crippen molar-refractivity contribution in [2.75, 3.05) is 13.1 Å². The first-order valence-corrected chi connectivity index (χ1v) is 7.11. The molecule has 0 spiro atoms. The highest BCUT2D eigenvalue weighted by Crippen LogP contribution is 2.29. The molecule has 0 aliphatic carbocycles. The largest absolute Gasteiger partial charge is 0.351 e. The van der Waals surface area contributed by atoms with Crippen LogP contribution in [0.3, 0.4) is 0 Å². The van der Waals surface area contributed by atoms with Gasteiger partial charge in [0.1, 0.15) is 0 Å². The summed E-state index contributed by atoms with van der Waals surface area (Å²) in [6.07, 6.45) is 4.71. The van der Waals surface area contributed by atoms with E-state index < -0.39 is 0 Å². The molecule has 0 radical (unpaired) electrons. The first-order valence-electron chi connectivity index (χ1n) is 7.11. The van der Waals surface area contributed by atoms with E-state index in [2.05, 4.69) is 29.6 Å². The molecular weight excluding hydrogens is 240 g/mol. The number of nitrogens with one attached hydrogen (secondary N) is 2. The lowest BCUT2D eigenvalue weighted by molar-refractivity contribution is -0.130. The third-order valence-electron chi connectivity index (χ3n) is 4.17. The summed E-state index contributed by atoms with van der Waals surface area (Å²) in [6.45, 7) is 6.49. The lowest BCUT2D eigenvalue weighted by atomic mass is 9.83. The van der Waals surface area contributed by atoms with Crippen LogP contribution in [0.2, 0.25) is 0 Å². The number of rotatable bonds is 5. The molecule has 5 heteroatoms. The van der Waals surface area contributed by atoms with Crippen LogP contribution in [-0.2, 0) is 24.8 Å². The molecule has 2 heterocycles. The van der Waals surface area contributed by atoms with Gasteiger partial charge in [-0.15, -0.1) is 0 Å². The number of aromatic nitrogens is 2. The fourth-order valence-electron chi connectivity index (χ4n) is 2.79. The van der Waals surface area contributed by atoms with Gasteiger partial charge in [0.15, 0.2) is 0 Å². The van der Waals surface area contributed by atoms with Crippen molar-refractivity contribution in [2.24, 2.45) is 12.5 Å². The number of hydrogen-bond acceptors (Lipinski definition) is 3. The van der Waals surface area contributed by atoms with Crippen molar-refractivity contribution in [2.45, 2.75) is 39.7 Å². The topological polar surface area (TPSA) is 59.0 Å². The van der Waals surface area contributed by atoms with E-state index in [-0.39, 0.29) is 11.3 Å². The van der Waals surface area contributed by atoms with Gasteiger partial charge in [-0.05, 0) is 25.8 Å². The minimum atomic E-state index is -0.214. The number of amides is 1. The maximum Gasteiger partial charge on any atom is 0.227 e. The Balaban J connectivity index is 1.99. The smallest absolute Gasteiger partial charge is 0.227 e. The van der Waals surface area contributed by atoms with E-state index in [9.17, 15) is 4.79 Å². The average molecular weight is 264 g/mol. The Morgan fingerprint density at radius 3 is 2.95 bits per heavy atom. The molecule has 0 bridgehead atoms. The quantitative estimate of drug-likeness (QED) is 0.834. The van der Waals surface area contributed by atoms with E-state index in [0.717, 1.165) is 43.6 Å². The molecule has 19 heavy (non-hydrogen) atoms. The van der Waals surface area contributed by atoms with Crippen molar-refractivity contribution < 1.29 is 4.79 Å². The zero-order valence-electron chi connectivity index (χ0n) is 12.1. The minimum absolute atomic E-state index is 0.172. The van der Waals surface area contributed by atoms with E-state index in [0.29, 0.717) is 6.54 Å². The van der Waals surface area contributed by atoms with Crippen molar-refractivity contribution in [3.05, 3.63) is 17.5 Å².